The van der Waals surface area contributed by atoms with Gasteiger partial charge in [0.25, 0.3) is 0 Å². The molecule has 0 atom stereocenters. The van der Waals surface area contributed by atoms with Gasteiger partial charge >= 0.3 is 0 Å². The van der Waals surface area contributed by atoms with Crippen LogP contribution in [0.3, 0.4) is 0 Å². The molecule has 0 bridgehead atoms. The number of imidazole rings is 1. The number of amides is 1. The fourth-order valence-corrected chi connectivity index (χ4v) is 1.96. The topological polar surface area (TPSA) is 86.5 Å². The van der Waals surface area contributed by atoms with Crippen LogP contribution in [-0.4, -0.2) is 26.1 Å². The Bertz CT molecular complexity index is 755. The van der Waals surface area contributed by atoms with Crippen molar-refractivity contribution in [2.75, 3.05) is 5.32 Å². The molecule has 6 nitrogen and oxygen atoms in total. The summed E-state index contributed by atoms with van der Waals surface area (Å²) < 4.78 is 0. The number of anilines is 1. The minimum atomic E-state index is -0.151. The Morgan fingerprint density at radius 1 is 1.32 bits per heavy atom. The summed E-state index contributed by atoms with van der Waals surface area (Å²) in [7, 11) is 0. The molecule has 0 spiro atoms. The average molecular weight is 255 g/mol. The molecular weight excluding hydrogens is 242 g/mol. The van der Waals surface area contributed by atoms with Crippen LogP contribution in [0.1, 0.15) is 12.6 Å². The number of hydrogen-bond acceptors (Lipinski definition) is 3. The van der Waals surface area contributed by atoms with Crippen LogP contribution >= 0.6 is 0 Å². The van der Waals surface area contributed by atoms with Crippen LogP contribution in [-0.2, 0) is 4.79 Å². The average Bonchev–Trinajstić information content (AvgIpc) is 2.92. The van der Waals surface area contributed by atoms with Crippen molar-refractivity contribution in [3.05, 3.63) is 30.0 Å². The standard InChI is InChI=1S/C13H13N5O/c1-7-5-11(18-17-7)9-3-4-10-12(6-9)16-13(15-10)14-8(2)19/h3-6H,1-2H3,(H,17,18)(H2,14,15,16,19). The molecule has 3 N–H and O–H groups in total. The van der Waals surface area contributed by atoms with E-state index in [-0.39, 0.29) is 5.91 Å². The number of benzene rings is 1. The highest BCUT2D eigenvalue weighted by molar-refractivity contribution is 5.90. The molecule has 0 saturated heterocycles. The zero-order chi connectivity index (χ0) is 13.4. The molecule has 0 fully saturated rings. The van der Waals surface area contributed by atoms with Gasteiger partial charge in [0.05, 0.1) is 16.7 Å². The zero-order valence-corrected chi connectivity index (χ0v) is 10.6. The largest absolute Gasteiger partial charge is 0.324 e. The van der Waals surface area contributed by atoms with Crippen LogP contribution < -0.4 is 5.32 Å². The van der Waals surface area contributed by atoms with Crippen molar-refractivity contribution in [2.45, 2.75) is 13.8 Å². The summed E-state index contributed by atoms with van der Waals surface area (Å²) in [5.41, 5.74) is 4.56. The second kappa shape index (κ2) is 4.24. The molecule has 1 amide bonds. The number of carbonyl (C=O) groups excluding carboxylic acids is 1. The number of nitrogens with one attached hydrogen (secondary N) is 3. The third-order valence-electron chi connectivity index (χ3n) is 2.78. The maximum Gasteiger partial charge on any atom is 0.223 e. The molecule has 1 aromatic carbocycles. The Morgan fingerprint density at radius 3 is 2.84 bits per heavy atom. The first-order chi connectivity index (χ1) is 9.11. The summed E-state index contributed by atoms with van der Waals surface area (Å²) in [5, 5.41) is 9.76. The van der Waals surface area contributed by atoms with Crippen LogP contribution in [0.2, 0.25) is 0 Å². The van der Waals surface area contributed by atoms with Gasteiger partial charge in [0.1, 0.15) is 0 Å². The van der Waals surface area contributed by atoms with Crippen molar-refractivity contribution in [3.8, 4) is 11.3 Å². The molecule has 0 unspecified atom stereocenters. The van der Waals surface area contributed by atoms with E-state index in [9.17, 15) is 4.79 Å². The summed E-state index contributed by atoms with van der Waals surface area (Å²) in [6, 6.07) is 7.79. The maximum absolute atomic E-state index is 11.0. The summed E-state index contributed by atoms with van der Waals surface area (Å²) >= 11 is 0. The van der Waals surface area contributed by atoms with Gasteiger partial charge in [-0.2, -0.15) is 5.10 Å². The molecule has 0 aliphatic rings. The molecule has 0 aliphatic heterocycles. The third-order valence-corrected chi connectivity index (χ3v) is 2.78. The minimum Gasteiger partial charge on any atom is -0.324 e. The number of hydrogen-bond donors (Lipinski definition) is 3. The fraction of sp³-hybridized carbons (Fsp3) is 0.154. The monoisotopic (exact) mass is 255 g/mol. The Labute approximate surface area is 109 Å². The number of fused-ring (bicyclic) bond motifs is 1. The highest BCUT2D eigenvalue weighted by Gasteiger charge is 2.07. The highest BCUT2D eigenvalue weighted by atomic mass is 16.1. The van der Waals surface area contributed by atoms with Crippen LogP contribution in [0.15, 0.2) is 24.3 Å². The van der Waals surface area contributed by atoms with Gasteiger partial charge in [0.2, 0.25) is 11.9 Å². The lowest BCUT2D eigenvalue weighted by molar-refractivity contribution is -0.114. The van der Waals surface area contributed by atoms with E-state index < -0.39 is 0 Å². The predicted octanol–water partition coefficient (Wildman–Crippen LogP) is 2.22. The Morgan fingerprint density at radius 2 is 2.16 bits per heavy atom. The summed E-state index contributed by atoms with van der Waals surface area (Å²) in [6.07, 6.45) is 0. The molecule has 2 heterocycles. The molecule has 0 saturated carbocycles. The Kier molecular flexibility index (Phi) is 2.56. The number of H-pyrrole nitrogens is 2. The van der Waals surface area contributed by atoms with Gasteiger partial charge in [-0.1, -0.05) is 6.07 Å². The van der Waals surface area contributed by atoms with Gasteiger partial charge in [-0.3, -0.25) is 15.2 Å². The van der Waals surface area contributed by atoms with E-state index in [1.807, 2.05) is 31.2 Å². The van der Waals surface area contributed by atoms with Gasteiger partial charge in [-0.15, -0.1) is 0 Å². The van der Waals surface area contributed by atoms with Gasteiger partial charge in [-0.05, 0) is 25.1 Å². The summed E-state index contributed by atoms with van der Waals surface area (Å²) in [6.45, 7) is 3.41. The van der Waals surface area contributed by atoms with Gasteiger partial charge in [0, 0.05) is 18.2 Å². The maximum atomic E-state index is 11.0. The van der Waals surface area contributed by atoms with E-state index in [1.165, 1.54) is 6.92 Å². The van der Waals surface area contributed by atoms with Crippen LogP contribution in [0.25, 0.3) is 22.3 Å². The van der Waals surface area contributed by atoms with Gasteiger partial charge in [0.15, 0.2) is 0 Å². The molecule has 6 heteroatoms. The Balaban J connectivity index is 2.03. The van der Waals surface area contributed by atoms with E-state index in [0.717, 1.165) is 28.0 Å². The smallest absolute Gasteiger partial charge is 0.223 e. The third kappa shape index (κ3) is 2.20. The van der Waals surface area contributed by atoms with Crippen LogP contribution in [0, 0.1) is 6.92 Å². The quantitative estimate of drug-likeness (QED) is 0.656. The second-order valence-corrected chi connectivity index (χ2v) is 4.43. The second-order valence-electron chi connectivity index (χ2n) is 4.43. The molecular formula is C13H13N5O. The summed E-state index contributed by atoms with van der Waals surface area (Å²) in [5.74, 6) is 0.306. The highest BCUT2D eigenvalue weighted by Crippen LogP contribution is 2.23. The lowest BCUT2D eigenvalue weighted by atomic mass is 10.1. The zero-order valence-electron chi connectivity index (χ0n) is 10.6. The SMILES string of the molecule is CC(=O)Nc1nc2ccc(-c3cc(C)[nH]n3)cc2[nH]1. The fourth-order valence-electron chi connectivity index (χ4n) is 1.96. The number of aromatic nitrogens is 4. The predicted molar refractivity (Wildman–Crippen MR) is 72.7 cm³/mol. The number of carbonyl (C=O) groups is 1. The lowest BCUT2D eigenvalue weighted by Crippen LogP contribution is -2.06. The van der Waals surface area contributed by atoms with Crippen LogP contribution in [0.4, 0.5) is 5.95 Å². The molecule has 96 valence electrons. The molecule has 3 rings (SSSR count). The first kappa shape index (κ1) is 11.5. The summed E-state index contributed by atoms with van der Waals surface area (Å²) in [4.78, 5) is 18.3. The van der Waals surface area contributed by atoms with E-state index in [0.29, 0.717) is 5.95 Å². The number of rotatable bonds is 2. The number of nitrogens with zero attached hydrogens (tertiary/aromatic N) is 2. The van der Waals surface area contributed by atoms with Crippen molar-refractivity contribution in [3.63, 3.8) is 0 Å². The normalized spacial score (nSPS) is 10.8. The van der Waals surface area contributed by atoms with E-state index in [2.05, 4.69) is 25.5 Å². The van der Waals surface area contributed by atoms with Crippen molar-refractivity contribution < 1.29 is 4.79 Å². The lowest BCUT2D eigenvalue weighted by Gasteiger charge is -1.95. The van der Waals surface area contributed by atoms with E-state index in [1.54, 1.807) is 0 Å². The molecule has 0 radical (unpaired) electrons. The molecule has 2 aromatic heterocycles. The van der Waals surface area contributed by atoms with Crippen molar-refractivity contribution >= 4 is 22.9 Å². The van der Waals surface area contributed by atoms with Crippen molar-refractivity contribution in [1.82, 2.24) is 20.2 Å². The van der Waals surface area contributed by atoms with Crippen LogP contribution in [0.5, 0.6) is 0 Å². The first-order valence-corrected chi connectivity index (χ1v) is 5.91. The molecule has 3 aromatic rings. The van der Waals surface area contributed by atoms with Gasteiger partial charge in [-0.25, -0.2) is 4.98 Å². The number of aromatic amines is 2. The van der Waals surface area contributed by atoms with Crippen molar-refractivity contribution in [1.29, 1.82) is 0 Å². The van der Waals surface area contributed by atoms with Crippen molar-refractivity contribution in [2.24, 2.45) is 0 Å². The molecule has 0 aliphatic carbocycles. The minimum absolute atomic E-state index is 0.151. The molecule has 19 heavy (non-hydrogen) atoms. The Hall–Kier alpha value is -2.63. The number of aryl methyl sites for hydroxylation is 1. The first-order valence-electron chi connectivity index (χ1n) is 5.91. The van der Waals surface area contributed by atoms with E-state index in [4.69, 9.17) is 0 Å². The van der Waals surface area contributed by atoms with Gasteiger partial charge < -0.3 is 4.98 Å². The van der Waals surface area contributed by atoms with E-state index >= 15 is 0 Å².